The van der Waals surface area contributed by atoms with Gasteiger partial charge < -0.3 is 0 Å². The smallest absolute Gasteiger partial charge is 0 e. The molecule has 0 spiro atoms. The van der Waals surface area contributed by atoms with E-state index in [0.29, 0.717) is 0 Å². The second-order valence-corrected chi connectivity index (χ2v) is 0. The van der Waals surface area contributed by atoms with Gasteiger partial charge >= 0.3 is 96.5 Å². The zero-order valence-corrected chi connectivity index (χ0v) is 18.5. The minimum atomic E-state index is 0. The standard InChI is InChI=1S/2Li.2Ra.Y. The molecule has 9 valence electrons. The molecule has 0 aliphatic rings. The van der Waals surface area contributed by atoms with Gasteiger partial charge in [-0.1, -0.05) is 0 Å². The van der Waals surface area contributed by atoms with Crippen molar-refractivity contribution >= 4 is 18.7 Å². The van der Waals surface area contributed by atoms with Crippen molar-refractivity contribution in [2.45, 2.75) is 0 Å². The molecule has 0 heterocycles. The normalized spacial score (nSPS) is 2.00. The van der Waals surface area contributed by atoms with Gasteiger partial charge in [0, 0.05) is 32.7 Å². The summed E-state index contributed by atoms with van der Waals surface area (Å²) in [5.41, 5.74) is 0. The molecular formula is Li2Ra2Y. The molecule has 5 heteroatoms. The molecule has 0 saturated heterocycles. The minimum Gasteiger partial charge on any atom is 0 e. The molecule has 0 unspecified atom stereocenters. The molecular weight excluding hydrogens is 555 g/mol. The maximum absolute atomic E-state index is 2.21. The van der Waals surface area contributed by atoms with Crippen LogP contribution in [0.25, 0.3) is 0 Å². The Bertz CT molecular complexity index is 7.61. The van der Waals surface area contributed by atoms with E-state index in [2.05, 4.69) is 18.7 Å². The van der Waals surface area contributed by atoms with Crippen molar-refractivity contribution in [3.63, 3.8) is 0 Å². The first-order chi connectivity index (χ1) is 2.00. The van der Waals surface area contributed by atoms with E-state index < -0.39 is 0 Å². The first-order valence-electron chi connectivity index (χ1n) is 1.41. The van der Waals surface area contributed by atoms with Gasteiger partial charge in [0.05, 0.1) is 0 Å². The predicted molar refractivity (Wildman–Crippen MR) is 11.5 cm³/mol. The van der Waals surface area contributed by atoms with Crippen LogP contribution in [-0.2, 0) is 32.7 Å². The Morgan fingerprint density at radius 1 is 0.800 bits per heavy atom. The third-order valence-electron chi connectivity index (χ3n) is 0. The van der Waals surface area contributed by atoms with Gasteiger partial charge in [-0.2, -0.15) is 0 Å². The molecule has 3 radical (unpaired) electrons. The maximum atomic E-state index is 2.21. The van der Waals surface area contributed by atoms with Gasteiger partial charge in [0.1, 0.15) is 0 Å². The minimum absolute atomic E-state index is 0. The van der Waals surface area contributed by atoms with Gasteiger partial charge in [-0.25, -0.2) is 0 Å². The van der Waals surface area contributed by atoms with E-state index in [0.717, 1.165) is 77.7 Å². The Kier molecular flexibility index (Phi) is 76.2. The van der Waals surface area contributed by atoms with E-state index in [9.17, 15) is 0 Å². The molecule has 0 aromatic carbocycles. The van der Waals surface area contributed by atoms with Crippen LogP contribution in [0.4, 0.5) is 0 Å². The second kappa shape index (κ2) is 22.9. The Morgan fingerprint density at radius 2 is 0.800 bits per heavy atom. The third kappa shape index (κ3) is 17.6. The van der Waals surface area contributed by atoms with Gasteiger partial charge in [-0.15, -0.1) is 0 Å². The zero-order chi connectivity index (χ0) is 4.00. The Morgan fingerprint density at radius 3 is 0.800 bits per heavy atom. The van der Waals surface area contributed by atoms with Crippen LogP contribution in [0.2, 0.25) is 0 Å². The first-order valence-corrected chi connectivity index (χ1v) is 13.0. The molecule has 0 rings (SSSR count). The van der Waals surface area contributed by atoms with Crippen molar-refractivity contribution < 1.29 is 110 Å². The molecule has 5 heavy (non-hydrogen) atoms. The average Bonchev–Trinajstić information content (AvgIpc) is 1.50. The molecule has 0 nitrogen and oxygen atoms in total. The third-order valence-corrected chi connectivity index (χ3v) is 0. The first kappa shape index (κ1) is 16.7. The fourth-order valence-electron chi connectivity index (χ4n) is 0. The van der Waals surface area contributed by atoms with Crippen LogP contribution in [0.3, 0.4) is 0 Å². The topological polar surface area (TPSA) is 0 Å². The molecule has 0 aromatic rings. The summed E-state index contributed by atoms with van der Waals surface area (Å²) in [7, 11) is 4.42. The van der Waals surface area contributed by atoms with E-state index in [1.165, 1.54) is 0 Å². The molecule has 0 atom stereocenters. The Balaban J connectivity index is -0.0000000133. The van der Waals surface area contributed by atoms with E-state index in [4.69, 9.17) is 0 Å². The molecule has 0 N–H and O–H groups in total. The number of hydrogen-bond acceptors (Lipinski definition) is 0. The zero-order valence-electron chi connectivity index (χ0n) is 3.99. The Labute approximate surface area is 124 Å². The van der Waals surface area contributed by atoms with Gasteiger partial charge in [-0.05, 0) is 0 Å². The molecule has 0 aliphatic carbocycles. The summed E-state index contributed by atoms with van der Waals surface area (Å²) in [6, 6.07) is 0. The van der Waals surface area contributed by atoms with Gasteiger partial charge in [0.2, 0.25) is 0 Å². The average molecular weight is 555 g/mol. The van der Waals surface area contributed by atoms with E-state index in [1.807, 2.05) is 0 Å². The fraction of sp³-hybridized carbons (Fsp3) is 0. The van der Waals surface area contributed by atoms with Crippen LogP contribution >= 0.6 is 0 Å². The number of rotatable bonds is 0. The summed E-state index contributed by atoms with van der Waals surface area (Å²) in [6.07, 6.45) is 0. The molecule has 0 fully saturated rings. The van der Waals surface area contributed by atoms with Crippen LogP contribution in [0.1, 0.15) is 0 Å². The summed E-state index contributed by atoms with van der Waals surface area (Å²) < 4.78 is 0. The monoisotopic (exact) mass is 555 g/mol. The number of hydrogen-bond donors (Lipinski definition) is 0. The maximum Gasteiger partial charge on any atom is 0 e. The van der Waals surface area contributed by atoms with Crippen LogP contribution < -0.4 is 0 Å². The summed E-state index contributed by atoms with van der Waals surface area (Å²) in [5.74, 6) is 0. The Hall–Kier alpha value is 5.23. The van der Waals surface area contributed by atoms with E-state index in [-0.39, 0.29) is 32.7 Å². The van der Waals surface area contributed by atoms with Crippen LogP contribution in [0.5, 0.6) is 0 Å². The SMILES string of the molecule is [Li][Ra].[Li][Ra].[Y]. The van der Waals surface area contributed by atoms with Crippen molar-refractivity contribution in [2.24, 2.45) is 0 Å². The quantitative estimate of drug-likeness (QED) is 0.346. The van der Waals surface area contributed by atoms with Gasteiger partial charge in [0.15, 0.2) is 0 Å². The fourth-order valence-corrected chi connectivity index (χ4v) is 0. The molecule has 0 bridgehead atoms. The van der Waals surface area contributed by atoms with Gasteiger partial charge in [-0.3, -0.25) is 0 Å². The van der Waals surface area contributed by atoms with E-state index >= 15 is 0 Å². The molecule has 0 amide bonds. The summed E-state index contributed by atoms with van der Waals surface area (Å²) in [5, 5.41) is 0. The van der Waals surface area contributed by atoms with Crippen molar-refractivity contribution in [3.05, 3.63) is 0 Å². The van der Waals surface area contributed by atoms with E-state index in [1.54, 1.807) is 0 Å². The molecule has 0 saturated carbocycles. The largest absolute Gasteiger partial charge is 0 e. The summed E-state index contributed by atoms with van der Waals surface area (Å²) >= 11 is 1.91. The summed E-state index contributed by atoms with van der Waals surface area (Å²) in [6.45, 7) is 0. The predicted octanol–water partition coefficient (Wildman–Crippen LogP) is -0.764. The van der Waals surface area contributed by atoms with Crippen molar-refractivity contribution in [3.8, 4) is 0 Å². The molecule has 0 aliphatic heterocycles. The van der Waals surface area contributed by atoms with Crippen molar-refractivity contribution in [2.75, 3.05) is 0 Å². The second-order valence-electron chi connectivity index (χ2n) is 0. The van der Waals surface area contributed by atoms with Crippen LogP contribution in [0.15, 0.2) is 0 Å². The van der Waals surface area contributed by atoms with Crippen LogP contribution in [-0.4, -0.2) is 18.7 Å². The van der Waals surface area contributed by atoms with Crippen LogP contribution in [0, 0.1) is 77.7 Å². The molecule has 0 aromatic heterocycles. The van der Waals surface area contributed by atoms with Crippen molar-refractivity contribution in [1.82, 2.24) is 0 Å². The van der Waals surface area contributed by atoms with Gasteiger partial charge in [0.25, 0.3) is 0 Å². The summed E-state index contributed by atoms with van der Waals surface area (Å²) in [4.78, 5) is 0. The van der Waals surface area contributed by atoms with Crippen molar-refractivity contribution in [1.29, 1.82) is 0 Å².